The number of pyridine rings is 1. The fourth-order valence-electron chi connectivity index (χ4n) is 5.20. The van der Waals surface area contributed by atoms with E-state index in [-0.39, 0.29) is 17.9 Å². The van der Waals surface area contributed by atoms with Crippen molar-refractivity contribution in [1.29, 1.82) is 0 Å². The second-order valence-electron chi connectivity index (χ2n) is 9.72. The number of benzene rings is 2. The molecule has 198 valence electrons. The number of hydrogen-bond donors (Lipinski definition) is 1. The van der Waals surface area contributed by atoms with Crippen molar-refractivity contribution in [2.75, 3.05) is 26.7 Å². The van der Waals surface area contributed by atoms with Gasteiger partial charge in [0.05, 0.1) is 23.1 Å². The van der Waals surface area contributed by atoms with Crippen LogP contribution in [-0.2, 0) is 11.2 Å². The first kappa shape index (κ1) is 27.2. The first-order chi connectivity index (χ1) is 17.7. The van der Waals surface area contributed by atoms with E-state index in [4.69, 9.17) is 16.3 Å². The van der Waals surface area contributed by atoms with E-state index < -0.39 is 29.2 Å². The van der Waals surface area contributed by atoms with Crippen LogP contribution in [0.4, 0.5) is 13.2 Å². The van der Waals surface area contributed by atoms with Gasteiger partial charge in [-0.2, -0.15) is 0 Å². The van der Waals surface area contributed by atoms with Crippen LogP contribution >= 0.6 is 11.6 Å². The summed E-state index contributed by atoms with van der Waals surface area (Å²) in [5.74, 6) is -1.54. The van der Waals surface area contributed by atoms with Crippen molar-refractivity contribution >= 4 is 28.5 Å². The molecule has 1 fully saturated rings. The first-order valence-electron chi connectivity index (χ1n) is 12.4. The van der Waals surface area contributed by atoms with Gasteiger partial charge in [-0.3, -0.25) is 9.78 Å². The number of ether oxygens (including phenoxy) is 1. The molecule has 2 heterocycles. The number of carboxylic acids is 1. The third kappa shape index (κ3) is 6.36. The number of aromatic nitrogens is 1. The molecule has 0 unspecified atom stereocenters. The van der Waals surface area contributed by atoms with Crippen molar-refractivity contribution in [3.05, 3.63) is 70.4 Å². The van der Waals surface area contributed by atoms with Crippen LogP contribution in [0.2, 0.25) is 5.02 Å². The lowest BCUT2D eigenvalue weighted by molar-refractivity contribution is -0.153. The van der Waals surface area contributed by atoms with Crippen molar-refractivity contribution in [2.45, 2.75) is 44.7 Å². The van der Waals surface area contributed by atoms with E-state index in [1.807, 2.05) is 0 Å². The highest BCUT2D eigenvalue weighted by Gasteiger charge is 2.41. The van der Waals surface area contributed by atoms with Gasteiger partial charge in [-0.1, -0.05) is 11.6 Å². The third-order valence-electron chi connectivity index (χ3n) is 7.39. The number of methoxy groups -OCH3 is 1. The highest BCUT2D eigenvalue weighted by Crippen LogP contribution is 2.42. The molecule has 37 heavy (non-hydrogen) atoms. The molecule has 4 rings (SSSR count). The molecule has 1 atom stereocenters. The first-order valence-corrected chi connectivity index (χ1v) is 12.8. The SMILES string of the molecule is COc1ccc2ncc(Cl)c([C@@H](F)CCC3(C(=O)O)CCN(CCCc4cc(F)cc(F)c4)CC3)c2c1. The molecule has 1 aliphatic heterocycles. The van der Waals surface area contributed by atoms with Crippen LogP contribution < -0.4 is 4.74 Å². The smallest absolute Gasteiger partial charge is 0.309 e. The molecule has 9 heteroatoms. The number of piperidine rings is 1. The van der Waals surface area contributed by atoms with Gasteiger partial charge >= 0.3 is 5.97 Å². The fourth-order valence-corrected chi connectivity index (χ4v) is 5.47. The minimum Gasteiger partial charge on any atom is -0.497 e. The van der Waals surface area contributed by atoms with Gasteiger partial charge in [0.25, 0.3) is 0 Å². The summed E-state index contributed by atoms with van der Waals surface area (Å²) >= 11 is 6.33. The highest BCUT2D eigenvalue weighted by molar-refractivity contribution is 6.32. The quantitative estimate of drug-likeness (QED) is 0.311. The summed E-state index contributed by atoms with van der Waals surface area (Å²) in [5.41, 5.74) is 0.477. The summed E-state index contributed by atoms with van der Waals surface area (Å²) in [6, 6.07) is 8.68. The monoisotopic (exact) mass is 534 g/mol. The number of carboxylic acid groups (broad SMARTS) is 1. The summed E-state index contributed by atoms with van der Waals surface area (Å²) < 4.78 is 47.7. The Hall–Kier alpha value is -2.84. The molecule has 0 amide bonds. The number of likely N-dealkylation sites (tertiary alicyclic amines) is 1. The standard InChI is InChI=1S/C28H30ClF3N2O3/c1-37-21-4-5-25-22(16-21)26(23(29)17-33-25)24(32)6-7-28(27(35)36)8-11-34(12-9-28)10-2-3-18-13-19(30)15-20(31)14-18/h4-5,13-17,24H,2-3,6-12H2,1H3,(H,35,36)/t24-/m0/s1. The van der Waals surface area contributed by atoms with Gasteiger partial charge in [0.1, 0.15) is 23.6 Å². The lowest BCUT2D eigenvalue weighted by Gasteiger charge is -2.39. The Kier molecular flexibility index (Phi) is 8.60. The van der Waals surface area contributed by atoms with Crippen LogP contribution in [0.3, 0.4) is 0 Å². The van der Waals surface area contributed by atoms with Crippen molar-refractivity contribution in [3.8, 4) is 5.75 Å². The second-order valence-corrected chi connectivity index (χ2v) is 10.1. The van der Waals surface area contributed by atoms with Crippen molar-refractivity contribution in [1.82, 2.24) is 9.88 Å². The van der Waals surface area contributed by atoms with Gasteiger partial charge in [-0.15, -0.1) is 0 Å². The minimum absolute atomic E-state index is 0.0213. The van der Waals surface area contributed by atoms with Gasteiger partial charge < -0.3 is 14.7 Å². The zero-order valence-electron chi connectivity index (χ0n) is 20.7. The number of aryl methyl sites for hydroxylation is 1. The van der Waals surface area contributed by atoms with Gasteiger partial charge in [0.2, 0.25) is 0 Å². The molecule has 0 saturated carbocycles. The maximum atomic E-state index is 15.6. The molecule has 1 aromatic heterocycles. The molecule has 0 aliphatic carbocycles. The molecule has 3 aromatic rings. The molecule has 0 spiro atoms. The fraction of sp³-hybridized carbons (Fsp3) is 0.429. The molecule has 1 N–H and O–H groups in total. The number of aliphatic carboxylic acids is 1. The summed E-state index contributed by atoms with van der Waals surface area (Å²) in [6.45, 7) is 1.83. The molecular weight excluding hydrogens is 505 g/mol. The predicted molar refractivity (Wildman–Crippen MR) is 137 cm³/mol. The number of hydrogen-bond acceptors (Lipinski definition) is 4. The Labute approximate surface area is 219 Å². The van der Waals surface area contributed by atoms with E-state index in [1.54, 1.807) is 18.2 Å². The lowest BCUT2D eigenvalue weighted by Crippen LogP contribution is -2.44. The van der Waals surface area contributed by atoms with Crippen LogP contribution in [0.25, 0.3) is 10.9 Å². The maximum Gasteiger partial charge on any atom is 0.309 e. The Morgan fingerprint density at radius 3 is 2.54 bits per heavy atom. The van der Waals surface area contributed by atoms with Crippen molar-refractivity contribution in [3.63, 3.8) is 0 Å². The summed E-state index contributed by atoms with van der Waals surface area (Å²) in [5, 5.41) is 10.8. The average molecular weight is 535 g/mol. The largest absolute Gasteiger partial charge is 0.497 e. The van der Waals surface area contributed by atoms with Crippen LogP contribution in [0.15, 0.2) is 42.6 Å². The van der Waals surface area contributed by atoms with E-state index in [0.717, 1.165) is 6.07 Å². The molecule has 5 nitrogen and oxygen atoms in total. The topological polar surface area (TPSA) is 62.7 Å². The molecule has 0 bridgehead atoms. The zero-order valence-corrected chi connectivity index (χ0v) is 21.4. The van der Waals surface area contributed by atoms with Gasteiger partial charge in [0, 0.05) is 23.2 Å². The zero-order chi connectivity index (χ0) is 26.6. The Morgan fingerprint density at radius 2 is 1.89 bits per heavy atom. The number of alkyl halides is 1. The average Bonchev–Trinajstić information content (AvgIpc) is 2.87. The minimum atomic E-state index is -1.45. The number of carbonyl (C=O) groups is 1. The lowest BCUT2D eigenvalue weighted by atomic mass is 9.74. The maximum absolute atomic E-state index is 15.6. The number of nitrogens with zero attached hydrogens (tertiary/aromatic N) is 2. The molecule has 0 radical (unpaired) electrons. The number of halogens is 4. The van der Waals surface area contributed by atoms with E-state index in [1.165, 1.54) is 25.4 Å². The van der Waals surface area contributed by atoms with Crippen LogP contribution in [0.1, 0.15) is 49.4 Å². The molecular formula is C28H30ClF3N2O3. The summed E-state index contributed by atoms with van der Waals surface area (Å²) in [4.78, 5) is 18.7. The second kappa shape index (κ2) is 11.7. The van der Waals surface area contributed by atoms with E-state index in [9.17, 15) is 18.7 Å². The predicted octanol–water partition coefficient (Wildman–Crippen LogP) is 6.77. The van der Waals surface area contributed by atoms with Crippen molar-refractivity contribution in [2.24, 2.45) is 5.41 Å². The Balaban J connectivity index is 1.37. The Bertz CT molecular complexity index is 1240. The number of rotatable bonds is 10. The Morgan fingerprint density at radius 1 is 1.19 bits per heavy atom. The van der Waals surface area contributed by atoms with Crippen molar-refractivity contribution < 1.29 is 27.8 Å². The highest BCUT2D eigenvalue weighted by atomic mass is 35.5. The van der Waals surface area contributed by atoms with Gasteiger partial charge in [-0.05, 0) is 94.1 Å². The van der Waals surface area contributed by atoms with E-state index in [0.29, 0.717) is 73.1 Å². The van der Waals surface area contributed by atoms with E-state index >= 15 is 4.39 Å². The van der Waals surface area contributed by atoms with Crippen LogP contribution in [0.5, 0.6) is 5.75 Å². The molecule has 2 aromatic carbocycles. The molecule has 1 aliphatic rings. The van der Waals surface area contributed by atoms with Gasteiger partial charge in [-0.25, -0.2) is 13.2 Å². The van der Waals surface area contributed by atoms with Crippen LogP contribution in [0, 0.1) is 17.0 Å². The van der Waals surface area contributed by atoms with Crippen LogP contribution in [-0.4, -0.2) is 47.7 Å². The summed E-state index contributed by atoms with van der Waals surface area (Å²) in [6.07, 6.45) is 2.21. The molecule has 1 saturated heterocycles. The third-order valence-corrected chi connectivity index (χ3v) is 7.69. The number of fused-ring (bicyclic) bond motifs is 1. The van der Waals surface area contributed by atoms with E-state index in [2.05, 4.69) is 9.88 Å². The van der Waals surface area contributed by atoms with Gasteiger partial charge in [0.15, 0.2) is 0 Å². The summed E-state index contributed by atoms with van der Waals surface area (Å²) in [7, 11) is 1.52. The normalized spacial score (nSPS) is 16.6.